The molecule has 5 heteroatoms. The largest absolute Gasteiger partial charge is 0.290 e. The van der Waals surface area contributed by atoms with Crippen LogP contribution in [0.4, 0.5) is 0 Å². The first-order chi connectivity index (χ1) is 9.79. The number of nitrogens with zero attached hydrogens (tertiary/aromatic N) is 1. The minimum atomic E-state index is -3.76. The molecule has 21 heavy (non-hydrogen) atoms. The summed E-state index contributed by atoms with van der Waals surface area (Å²) >= 11 is 0. The molecular formula is C16H17NO3S. The van der Waals surface area contributed by atoms with Gasteiger partial charge in [-0.2, -0.15) is 12.8 Å². The van der Waals surface area contributed by atoms with Gasteiger partial charge >= 0.3 is 0 Å². The second kappa shape index (κ2) is 5.77. The normalized spacial score (nSPS) is 17.4. The highest BCUT2D eigenvalue weighted by atomic mass is 32.2. The molecule has 1 aliphatic carbocycles. The lowest BCUT2D eigenvalue weighted by atomic mass is 9.94. The van der Waals surface area contributed by atoms with Crippen LogP contribution in [0.5, 0.6) is 0 Å². The summed E-state index contributed by atoms with van der Waals surface area (Å²) in [4.78, 5) is 11.8. The number of hydrogen-bond donors (Lipinski definition) is 0. The van der Waals surface area contributed by atoms with Crippen molar-refractivity contribution in [3.8, 4) is 0 Å². The number of carbonyl (C=O) groups excluding carboxylic acids is 1. The molecule has 0 radical (unpaired) electrons. The Morgan fingerprint density at radius 2 is 1.67 bits per heavy atom. The number of carbonyl (C=O) groups is 1. The molecule has 0 unspecified atom stereocenters. The molecule has 2 rings (SSSR count). The van der Waals surface area contributed by atoms with Crippen LogP contribution in [-0.2, 0) is 14.8 Å². The van der Waals surface area contributed by atoms with Crippen molar-refractivity contribution < 1.29 is 13.2 Å². The Balaban J connectivity index is 2.41. The van der Waals surface area contributed by atoms with E-state index in [1.54, 1.807) is 18.2 Å². The van der Waals surface area contributed by atoms with E-state index >= 15 is 0 Å². The molecule has 0 aromatic heterocycles. The summed E-state index contributed by atoms with van der Waals surface area (Å²) in [6, 6.07) is 6.50. The Kier molecular flexibility index (Phi) is 4.23. The smallest absolute Gasteiger partial charge is 0.282 e. The van der Waals surface area contributed by atoms with Crippen molar-refractivity contribution in [1.82, 2.24) is 0 Å². The van der Waals surface area contributed by atoms with Crippen molar-refractivity contribution in [2.24, 2.45) is 10.3 Å². The molecule has 0 bridgehead atoms. The van der Waals surface area contributed by atoms with Gasteiger partial charge in [0.25, 0.3) is 10.0 Å². The molecule has 1 aromatic rings. The van der Waals surface area contributed by atoms with Crippen LogP contribution in [0.3, 0.4) is 0 Å². The van der Waals surface area contributed by atoms with Gasteiger partial charge in [0.15, 0.2) is 5.78 Å². The Morgan fingerprint density at radius 3 is 2.24 bits per heavy atom. The van der Waals surface area contributed by atoms with Gasteiger partial charge in [-0.3, -0.25) is 4.79 Å². The van der Waals surface area contributed by atoms with Crippen LogP contribution in [-0.4, -0.2) is 19.9 Å². The van der Waals surface area contributed by atoms with E-state index in [0.29, 0.717) is 5.57 Å². The lowest BCUT2D eigenvalue weighted by Crippen LogP contribution is -2.13. The van der Waals surface area contributed by atoms with Crippen LogP contribution in [0.1, 0.15) is 19.4 Å². The molecule has 0 saturated carbocycles. The number of hydrogen-bond acceptors (Lipinski definition) is 3. The van der Waals surface area contributed by atoms with Gasteiger partial charge in [-0.25, -0.2) is 0 Å². The number of benzene rings is 1. The van der Waals surface area contributed by atoms with Crippen molar-refractivity contribution in [2.75, 3.05) is 0 Å². The molecule has 0 aliphatic heterocycles. The fraction of sp³-hybridized carbons (Fsp3) is 0.250. The van der Waals surface area contributed by atoms with E-state index in [2.05, 4.69) is 4.40 Å². The molecule has 0 fully saturated rings. The lowest BCUT2D eigenvalue weighted by Gasteiger charge is -2.11. The van der Waals surface area contributed by atoms with Gasteiger partial charge in [-0.1, -0.05) is 31.5 Å². The van der Waals surface area contributed by atoms with E-state index in [0.717, 1.165) is 5.56 Å². The zero-order valence-corrected chi connectivity index (χ0v) is 13.0. The average Bonchev–Trinajstić information content (AvgIpc) is 2.41. The predicted molar refractivity (Wildman–Crippen MR) is 82.9 cm³/mol. The van der Waals surface area contributed by atoms with Crippen molar-refractivity contribution >= 4 is 21.5 Å². The van der Waals surface area contributed by atoms with E-state index in [1.807, 2.05) is 20.8 Å². The van der Waals surface area contributed by atoms with Crippen LogP contribution in [0.2, 0.25) is 0 Å². The van der Waals surface area contributed by atoms with E-state index in [9.17, 15) is 13.2 Å². The van der Waals surface area contributed by atoms with Crippen molar-refractivity contribution in [3.05, 3.63) is 53.6 Å². The fourth-order valence-electron chi connectivity index (χ4n) is 1.95. The zero-order chi connectivity index (χ0) is 15.6. The highest BCUT2D eigenvalue weighted by molar-refractivity contribution is 7.90. The number of ketones is 1. The Bertz CT molecular complexity index is 751. The van der Waals surface area contributed by atoms with Gasteiger partial charge in [-0.15, -0.1) is 0 Å². The third kappa shape index (κ3) is 3.55. The number of allylic oxidation sites excluding steroid dienone is 4. The second-order valence-corrected chi connectivity index (χ2v) is 6.86. The molecule has 0 heterocycles. The van der Waals surface area contributed by atoms with E-state index < -0.39 is 10.0 Å². The molecule has 1 aliphatic rings. The highest BCUT2D eigenvalue weighted by Gasteiger charge is 2.18. The Hall–Kier alpha value is -2.01. The summed E-state index contributed by atoms with van der Waals surface area (Å²) < 4.78 is 28.3. The second-order valence-electron chi connectivity index (χ2n) is 5.26. The zero-order valence-electron chi connectivity index (χ0n) is 12.2. The number of sulfonamides is 1. The van der Waals surface area contributed by atoms with Gasteiger partial charge in [0.2, 0.25) is 0 Å². The van der Waals surface area contributed by atoms with Gasteiger partial charge in [0.1, 0.15) is 0 Å². The van der Waals surface area contributed by atoms with Crippen molar-refractivity contribution in [1.29, 1.82) is 0 Å². The van der Waals surface area contributed by atoms with Gasteiger partial charge in [0, 0.05) is 5.57 Å². The summed E-state index contributed by atoms with van der Waals surface area (Å²) in [5.74, 6) is -0.0774. The quantitative estimate of drug-likeness (QED) is 0.807. The molecule has 0 saturated heterocycles. The molecular weight excluding hydrogens is 286 g/mol. The van der Waals surface area contributed by atoms with Crippen LogP contribution in [0.25, 0.3) is 0 Å². The number of aryl methyl sites for hydroxylation is 1. The summed E-state index contributed by atoms with van der Waals surface area (Å²) in [5.41, 5.74) is 1.82. The summed E-state index contributed by atoms with van der Waals surface area (Å²) in [6.45, 7) is 5.65. The summed E-state index contributed by atoms with van der Waals surface area (Å²) in [6.07, 6.45) is 4.33. The lowest BCUT2D eigenvalue weighted by molar-refractivity contribution is -0.111. The van der Waals surface area contributed by atoms with Gasteiger partial charge < -0.3 is 0 Å². The van der Waals surface area contributed by atoms with Gasteiger partial charge in [0.05, 0.1) is 10.6 Å². The minimum Gasteiger partial charge on any atom is -0.290 e. The molecule has 0 N–H and O–H groups in total. The van der Waals surface area contributed by atoms with Crippen LogP contribution < -0.4 is 0 Å². The fourth-order valence-corrected chi connectivity index (χ4v) is 2.92. The summed E-state index contributed by atoms with van der Waals surface area (Å²) in [7, 11) is -3.76. The Labute approximate surface area is 125 Å². The minimum absolute atomic E-state index is 0.0229. The molecule has 0 atom stereocenters. The average molecular weight is 303 g/mol. The number of rotatable bonds is 3. The maximum absolute atomic E-state index is 12.2. The maximum Gasteiger partial charge on any atom is 0.282 e. The van der Waals surface area contributed by atoms with Crippen molar-refractivity contribution in [2.45, 2.75) is 25.7 Å². The van der Waals surface area contributed by atoms with Crippen LogP contribution in [0.15, 0.2) is 57.4 Å². The van der Waals surface area contributed by atoms with Crippen LogP contribution >= 0.6 is 0 Å². The third-order valence-corrected chi connectivity index (χ3v) is 4.48. The van der Waals surface area contributed by atoms with Gasteiger partial charge in [-0.05, 0) is 43.2 Å². The van der Waals surface area contributed by atoms with E-state index in [4.69, 9.17) is 0 Å². The molecule has 110 valence electrons. The predicted octanol–water partition coefficient (Wildman–Crippen LogP) is 2.85. The van der Waals surface area contributed by atoms with E-state index in [1.165, 1.54) is 24.3 Å². The molecule has 4 nitrogen and oxygen atoms in total. The van der Waals surface area contributed by atoms with Crippen LogP contribution in [0, 0.1) is 12.8 Å². The van der Waals surface area contributed by atoms with Crippen molar-refractivity contribution in [3.63, 3.8) is 0 Å². The third-order valence-electron chi connectivity index (χ3n) is 3.16. The Morgan fingerprint density at radius 1 is 1.05 bits per heavy atom. The first-order valence-corrected chi connectivity index (χ1v) is 8.09. The maximum atomic E-state index is 12.2. The van der Waals surface area contributed by atoms with E-state index in [-0.39, 0.29) is 22.3 Å². The SMILES string of the molecule is Cc1ccc(S(=O)(=O)/N=C2\C=CC(=O)C(C(C)C)=C2)cc1. The standard InChI is InChI=1S/C16H17NO3S/c1-11(2)15-10-13(6-9-16(15)18)17-21(19,20)14-7-4-12(3)5-8-14/h4-11H,1-3H3/b17-13+. The summed E-state index contributed by atoms with van der Waals surface area (Å²) in [5, 5.41) is 0. The first kappa shape index (κ1) is 15.4. The topological polar surface area (TPSA) is 63.6 Å². The molecule has 0 amide bonds. The monoisotopic (exact) mass is 303 g/mol. The molecule has 0 spiro atoms. The molecule has 1 aromatic carbocycles. The highest BCUT2D eigenvalue weighted by Crippen LogP contribution is 2.18. The first-order valence-electron chi connectivity index (χ1n) is 6.65.